The molecule has 2 heteroatoms. The van der Waals surface area contributed by atoms with Gasteiger partial charge in [-0.25, -0.2) is 4.79 Å². The Morgan fingerprint density at radius 2 is 1.89 bits per heavy atom. The van der Waals surface area contributed by atoms with Crippen LogP contribution in [0.15, 0.2) is 12.2 Å². The lowest BCUT2D eigenvalue weighted by molar-refractivity contribution is -0.190. The molecule has 3 rings (SSSR count). The molecule has 2 saturated carbocycles. The minimum Gasteiger partial charge on any atom is -0.456 e. The van der Waals surface area contributed by atoms with E-state index < -0.39 is 0 Å². The molecule has 1 aliphatic heterocycles. The van der Waals surface area contributed by atoms with Crippen molar-refractivity contribution in [2.45, 2.75) is 65.4 Å². The Bertz CT molecular complexity index is 437. The van der Waals surface area contributed by atoms with Gasteiger partial charge in [-0.3, -0.25) is 0 Å². The predicted molar refractivity (Wildman–Crippen MR) is 75.6 cm³/mol. The summed E-state index contributed by atoms with van der Waals surface area (Å²) in [7, 11) is 0. The SMILES string of the molecule is CC1(C)CCC[C@]2(C)[C@H]3C=CC(=O)O[C@]3(C)CC[C@@H]12. The molecule has 4 atom stereocenters. The van der Waals surface area contributed by atoms with Crippen molar-refractivity contribution in [2.75, 3.05) is 0 Å². The van der Waals surface area contributed by atoms with Gasteiger partial charge in [-0.2, -0.15) is 0 Å². The molecule has 0 bridgehead atoms. The molecule has 0 N–H and O–H groups in total. The van der Waals surface area contributed by atoms with Crippen molar-refractivity contribution in [2.24, 2.45) is 22.7 Å². The normalized spacial score (nSPS) is 48.1. The Morgan fingerprint density at radius 3 is 2.63 bits per heavy atom. The predicted octanol–water partition coefficient (Wildman–Crippen LogP) is 4.10. The van der Waals surface area contributed by atoms with Crippen molar-refractivity contribution in [3.8, 4) is 0 Å². The van der Waals surface area contributed by atoms with Crippen LogP contribution in [0.1, 0.15) is 59.8 Å². The maximum absolute atomic E-state index is 11.6. The molecule has 106 valence electrons. The summed E-state index contributed by atoms with van der Waals surface area (Å²) >= 11 is 0. The van der Waals surface area contributed by atoms with E-state index in [1.54, 1.807) is 6.08 Å². The summed E-state index contributed by atoms with van der Waals surface area (Å²) in [6.07, 6.45) is 9.91. The van der Waals surface area contributed by atoms with Crippen molar-refractivity contribution in [1.29, 1.82) is 0 Å². The van der Waals surface area contributed by atoms with Gasteiger partial charge >= 0.3 is 5.97 Å². The van der Waals surface area contributed by atoms with Crippen LogP contribution >= 0.6 is 0 Å². The first-order chi connectivity index (χ1) is 8.78. The number of carbonyl (C=O) groups excluding carboxylic acids is 1. The van der Waals surface area contributed by atoms with Crippen LogP contribution in [0.4, 0.5) is 0 Å². The standard InChI is InChI=1S/C17H26O2/c1-15(2)9-5-10-16(3)12(15)8-11-17(4)13(16)6-7-14(18)19-17/h6-7,12-13H,5,8-11H2,1-4H3/t12-,13+,16-,17+/m0/s1. The zero-order valence-corrected chi connectivity index (χ0v) is 12.7. The summed E-state index contributed by atoms with van der Waals surface area (Å²) in [6.45, 7) is 9.43. The average Bonchev–Trinajstić information content (AvgIpc) is 2.25. The number of carbonyl (C=O) groups is 1. The number of hydrogen-bond donors (Lipinski definition) is 0. The van der Waals surface area contributed by atoms with Crippen molar-refractivity contribution >= 4 is 5.97 Å². The molecule has 0 aromatic rings. The quantitative estimate of drug-likeness (QED) is 0.614. The maximum atomic E-state index is 11.6. The van der Waals surface area contributed by atoms with Crippen LogP contribution in [0, 0.1) is 22.7 Å². The molecular weight excluding hydrogens is 236 g/mol. The van der Waals surface area contributed by atoms with E-state index in [9.17, 15) is 4.79 Å². The number of fused-ring (bicyclic) bond motifs is 3. The van der Waals surface area contributed by atoms with Gasteiger partial charge in [-0.1, -0.05) is 33.3 Å². The lowest BCUT2D eigenvalue weighted by Crippen LogP contribution is -2.59. The maximum Gasteiger partial charge on any atom is 0.330 e. The highest BCUT2D eigenvalue weighted by Gasteiger charge is 2.59. The summed E-state index contributed by atoms with van der Waals surface area (Å²) in [5.41, 5.74) is 0.431. The van der Waals surface area contributed by atoms with Crippen LogP contribution in [0.2, 0.25) is 0 Å². The molecule has 2 nitrogen and oxygen atoms in total. The van der Waals surface area contributed by atoms with Gasteiger partial charge in [0, 0.05) is 12.0 Å². The second kappa shape index (κ2) is 3.86. The summed E-state index contributed by atoms with van der Waals surface area (Å²) < 4.78 is 5.73. The van der Waals surface area contributed by atoms with E-state index in [4.69, 9.17) is 4.74 Å². The van der Waals surface area contributed by atoms with Crippen LogP contribution in [-0.4, -0.2) is 11.6 Å². The van der Waals surface area contributed by atoms with Crippen molar-refractivity contribution in [1.82, 2.24) is 0 Å². The highest BCUT2D eigenvalue weighted by Crippen LogP contribution is 2.63. The van der Waals surface area contributed by atoms with E-state index in [0.29, 0.717) is 11.3 Å². The van der Waals surface area contributed by atoms with Gasteiger partial charge in [0.15, 0.2) is 0 Å². The second-order valence-electron chi connectivity index (χ2n) is 8.01. The molecule has 0 aromatic heterocycles. The smallest absolute Gasteiger partial charge is 0.330 e. The third kappa shape index (κ3) is 1.79. The van der Waals surface area contributed by atoms with Gasteiger partial charge in [-0.05, 0) is 49.4 Å². The Morgan fingerprint density at radius 1 is 1.16 bits per heavy atom. The second-order valence-corrected chi connectivity index (χ2v) is 8.01. The highest BCUT2D eigenvalue weighted by molar-refractivity contribution is 5.83. The molecule has 3 aliphatic rings. The molecule has 19 heavy (non-hydrogen) atoms. The van der Waals surface area contributed by atoms with E-state index in [1.807, 2.05) is 0 Å². The van der Waals surface area contributed by atoms with Gasteiger partial charge in [0.2, 0.25) is 0 Å². The molecule has 0 radical (unpaired) electrons. The van der Waals surface area contributed by atoms with Crippen LogP contribution in [-0.2, 0) is 9.53 Å². The molecule has 2 fully saturated rings. The fourth-order valence-electron chi connectivity index (χ4n) is 5.52. The summed E-state index contributed by atoms with van der Waals surface area (Å²) in [6, 6.07) is 0. The number of rotatable bonds is 0. The van der Waals surface area contributed by atoms with E-state index in [0.717, 1.165) is 12.3 Å². The molecule has 1 heterocycles. The Balaban J connectivity index is 2.03. The first-order valence-electron chi connectivity index (χ1n) is 7.69. The monoisotopic (exact) mass is 262 g/mol. The average molecular weight is 262 g/mol. The molecular formula is C17H26O2. The van der Waals surface area contributed by atoms with Crippen molar-refractivity contribution in [3.05, 3.63) is 12.2 Å². The van der Waals surface area contributed by atoms with E-state index in [-0.39, 0.29) is 17.0 Å². The summed E-state index contributed by atoms with van der Waals surface area (Å²) in [5, 5.41) is 0. The van der Waals surface area contributed by atoms with Gasteiger partial charge in [0.05, 0.1) is 0 Å². The van der Waals surface area contributed by atoms with Gasteiger partial charge < -0.3 is 4.74 Å². The summed E-state index contributed by atoms with van der Waals surface area (Å²) in [4.78, 5) is 11.6. The molecule has 0 amide bonds. The minimum absolute atomic E-state index is 0.157. The Labute approximate surface area is 116 Å². The van der Waals surface area contributed by atoms with E-state index >= 15 is 0 Å². The first-order valence-corrected chi connectivity index (χ1v) is 7.69. The zero-order valence-electron chi connectivity index (χ0n) is 12.7. The van der Waals surface area contributed by atoms with E-state index in [1.165, 1.54) is 25.7 Å². The third-order valence-electron chi connectivity index (χ3n) is 6.33. The molecule has 0 unspecified atom stereocenters. The third-order valence-corrected chi connectivity index (χ3v) is 6.33. The van der Waals surface area contributed by atoms with Gasteiger partial charge in [0.25, 0.3) is 0 Å². The molecule has 0 spiro atoms. The van der Waals surface area contributed by atoms with Crippen LogP contribution in [0.25, 0.3) is 0 Å². The largest absolute Gasteiger partial charge is 0.456 e. The van der Waals surface area contributed by atoms with Gasteiger partial charge in [-0.15, -0.1) is 0 Å². The minimum atomic E-state index is -0.273. The first kappa shape index (κ1) is 13.2. The zero-order chi connectivity index (χ0) is 13.9. The lowest BCUT2D eigenvalue weighted by atomic mass is 9.45. The Hall–Kier alpha value is -0.790. The lowest BCUT2D eigenvalue weighted by Gasteiger charge is -2.61. The number of esters is 1. The van der Waals surface area contributed by atoms with Crippen LogP contribution in [0.5, 0.6) is 0 Å². The highest BCUT2D eigenvalue weighted by atomic mass is 16.6. The number of hydrogen-bond acceptors (Lipinski definition) is 2. The van der Waals surface area contributed by atoms with Crippen molar-refractivity contribution in [3.63, 3.8) is 0 Å². The summed E-state index contributed by atoms with van der Waals surface area (Å²) in [5.74, 6) is 0.972. The fraction of sp³-hybridized carbons (Fsp3) is 0.824. The number of ether oxygens (including phenoxy) is 1. The molecule has 0 aromatic carbocycles. The fourth-order valence-corrected chi connectivity index (χ4v) is 5.52. The Kier molecular flexibility index (Phi) is 2.69. The van der Waals surface area contributed by atoms with Crippen LogP contribution in [0.3, 0.4) is 0 Å². The van der Waals surface area contributed by atoms with Crippen molar-refractivity contribution < 1.29 is 9.53 Å². The topological polar surface area (TPSA) is 26.3 Å². The van der Waals surface area contributed by atoms with Gasteiger partial charge in [0.1, 0.15) is 5.60 Å². The molecule has 2 aliphatic carbocycles. The van der Waals surface area contributed by atoms with E-state index in [2.05, 4.69) is 33.8 Å². The molecule has 0 saturated heterocycles. The van der Waals surface area contributed by atoms with Crippen LogP contribution < -0.4 is 0 Å².